The van der Waals surface area contributed by atoms with Gasteiger partial charge in [0, 0.05) is 0 Å². The van der Waals surface area contributed by atoms with Crippen molar-refractivity contribution in [2.45, 2.75) is 5.03 Å². The lowest BCUT2D eigenvalue weighted by atomic mass is 10.3. The van der Waals surface area contributed by atoms with Crippen LogP contribution in [0.1, 0.15) is 9.67 Å². The number of nitrogens with zero attached hydrogens (tertiary/aromatic N) is 4. The Morgan fingerprint density at radius 2 is 2.00 bits per heavy atom. The lowest BCUT2D eigenvalue weighted by Crippen LogP contribution is -2.00. The van der Waals surface area contributed by atoms with Gasteiger partial charge in [0.2, 0.25) is 0 Å². The molecule has 124 valence electrons. The zero-order valence-electron chi connectivity index (χ0n) is 12.8. The van der Waals surface area contributed by atoms with Crippen LogP contribution in [-0.2, 0) is 0 Å². The Kier molecular flexibility index (Phi) is 4.52. The number of thioether (sulfide) groups is 1. The van der Waals surface area contributed by atoms with Crippen LogP contribution in [0.4, 0.5) is 0 Å². The summed E-state index contributed by atoms with van der Waals surface area (Å²) in [5.41, 5.74) is 1.65. The number of para-hydroxylation sites is 1. The van der Waals surface area contributed by atoms with Crippen molar-refractivity contribution in [3.63, 3.8) is 0 Å². The summed E-state index contributed by atoms with van der Waals surface area (Å²) in [4.78, 5) is 21.6. The minimum absolute atomic E-state index is 0.0316. The number of benzene rings is 1. The molecule has 0 amide bonds. The Labute approximate surface area is 156 Å². The third-order valence-electron chi connectivity index (χ3n) is 3.52. The molecule has 3 heterocycles. The Balaban J connectivity index is 1.61. The number of carbonyl (C=O) groups is 1. The Bertz CT molecular complexity index is 1050. The molecule has 0 saturated carbocycles. The Hall–Kier alpha value is -2.22. The van der Waals surface area contributed by atoms with E-state index in [0.717, 1.165) is 21.7 Å². The minimum Gasteiger partial charge on any atom is -0.292 e. The lowest BCUT2D eigenvalue weighted by Gasteiger charge is -2.03. The second-order valence-electron chi connectivity index (χ2n) is 5.12. The van der Waals surface area contributed by atoms with Crippen LogP contribution in [0.3, 0.4) is 0 Å². The monoisotopic (exact) mass is 386 g/mol. The number of hydrogen-bond donors (Lipinski definition) is 0. The van der Waals surface area contributed by atoms with Crippen molar-refractivity contribution >= 4 is 51.5 Å². The molecule has 4 rings (SSSR count). The number of Topliss-reactive ketones (excluding diaryl/α,β-unsaturated/α-hetero) is 1. The van der Waals surface area contributed by atoms with Crippen molar-refractivity contribution in [2.24, 2.45) is 0 Å². The van der Waals surface area contributed by atoms with E-state index in [-0.39, 0.29) is 5.78 Å². The fraction of sp³-hybridized carbons (Fsp3) is 0.0588. The smallest absolute Gasteiger partial charge is 0.183 e. The Morgan fingerprint density at radius 1 is 1.16 bits per heavy atom. The van der Waals surface area contributed by atoms with Gasteiger partial charge in [-0.05, 0) is 24.3 Å². The Morgan fingerprint density at radius 3 is 2.76 bits per heavy atom. The molecule has 0 aliphatic rings. The maximum Gasteiger partial charge on any atom is 0.183 e. The molecule has 0 aliphatic carbocycles. The summed E-state index contributed by atoms with van der Waals surface area (Å²) in [6, 6.07) is 13.3. The highest BCUT2D eigenvalue weighted by atomic mass is 35.5. The largest absolute Gasteiger partial charge is 0.292 e. The molecule has 0 atom stereocenters. The van der Waals surface area contributed by atoms with Crippen LogP contribution in [0.15, 0.2) is 60.0 Å². The first-order valence-electron chi connectivity index (χ1n) is 7.38. The SMILES string of the molecule is O=C(CSc1ncnc2c1cnn2-c1ccccc1)c1ccc(Cl)s1. The van der Waals surface area contributed by atoms with E-state index < -0.39 is 0 Å². The van der Waals surface area contributed by atoms with E-state index in [1.165, 1.54) is 29.4 Å². The van der Waals surface area contributed by atoms with Gasteiger partial charge in [-0.25, -0.2) is 14.6 Å². The number of halogens is 1. The van der Waals surface area contributed by atoms with E-state index in [1.807, 2.05) is 30.3 Å². The summed E-state index contributed by atoms with van der Waals surface area (Å²) in [6.07, 6.45) is 3.23. The van der Waals surface area contributed by atoms with Crippen LogP contribution in [0.5, 0.6) is 0 Å². The summed E-state index contributed by atoms with van der Waals surface area (Å²) < 4.78 is 2.38. The van der Waals surface area contributed by atoms with Gasteiger partial charge in [-0.3, -0.25) is 4.79 Å². The molecule has 3 aromatic heterocycles. The molecule has 1 aromatic carbocycles. The first-order chi connectivity index (χ1) is 12.2. The molecular formula is C17H11ClN4OS2. The number of carbonyl (C=O) groups excluding carboxylic acids is 1. The van der Waals surface area contributed by atoms with Crippen molar-refractivity contribution in [1.29, 1.82) is 0 Å². The molecule has 0 radical (unpaired) electrons. The van der Waals surface area contributed by atoms with E-state index in [2.05, 4.69) is 15.1 Å². The fourth-order valence-electron chi connectivity index (χ4n) is 2.36. The molecule has 0 fully saturated rings. The molecule has 4 aromatic rings. The standard InChI is InChI=1S/C17H11ClN4OS2/c18-15-7-6-14(25-15)13(23)9-24-17-12-8-21-22(16(12)19-10-20-17)11-4-2-1-3-5-11/h1-8,10H,9H2. The number of aromatic nitrogens is 4. The van der Waals surface area contributed by atoms with Crippen molar-refractivity contribution in [1.82, 2.24) is 19.7 Å². The zero-order chi connectivity index (χ0) is 17.2. The van der Waals surface area contributed by atoms with Gasteiger partial charge in [0.25, 0.3) is 0 Å². The highest BCUT2D eigenvalue weighted by Crippen LogP contribution is 2.28. The zero-order valence-corrected chi connectivity index (χ0v) is 15.2. The van der Waals surface area contributed by atoms with Gasteiger partial charge in [-0.2, -0.15) is 5.10 Å². The summed E-state index contributed by atoms with van der Waals surface area (Å²) in [5, 5.41) is 5.98. The van der Waals surface area contributed by atoms with Crippen molar-refractivity contribution in [3.8, 4) is 5.69 Å². The topological polar surface area (TPSA) is 60.7 Å². The van der Waals surface area contributed by atoms with E-state index in [9.17, 15) is 4.79 Å². The van der Waals surface area contributed by atoms with Gasteiger partial charge in [0.1, 0.15) is 11.4 Å². The first kappa shape index (κ1) is 16.3. The van der Waals surface area contributed by atoms with Crippen molar-refractivity contribution < 1.29 is 4.79 Å². The molecular weight excluding hydrogens is 376 g/mol. The summed E-state index contributed by atoms with van der Waals surface area (Å²) >= 11 is 8.56. The average Bonchev–Trinajstić information content (AvgIpc) is 3.27. The van der Waals surface area contributed by atoms with Crippen LogP contribution in [0.25, 0.3) is 16.7 Å². The van der Waals surface area contributed by atoms with Crippen molar-refractivity contribution in [2.75, 3.05) is 5.75 Å². The van der Waals surface area contributed by atoms with Gasteiger partial charge in [-0.15, -0.1) is 11.3 Å². The average molecular weight is 387 g/mol. The molecule has 8 heteroatoms. The van der Waals surface area contributed by atoms with Gasteiger partial charge in [0.05, 0.1) is 32.2 Å². The highest BCUT2D eigenvalue weighted by Gasteiger charge is 2.14. The molecule has 0 bridgehead atoms. The normalized spacial score (nSPS) is 11.1. The second kappa shape index (κ2) is 6.95. The van der Waals surface area contributed by atoms with Crippen LogP contribution < -0.4 is 0 Å². The summed E-state index contributed by atoms with van der Waals surface area (Å²) in [5.74, 6) is 0.323. The molecule has 0 aliphatic heterocycles. The summed E-state index contributed by atoms with van der Waals surface area (Å²) in [7, 11) is 0. The van der Waals surface area contributed by atoms with Crippen LogP contribution in [-0.4, -0.2) is 31.3 Å². The minimum atomic E-state index is 0.0316. The lowest BCUT2D eigenvalue weighted by molar-refractivity contribution is 0.102. The molecule has 25 heavy (non-hydrogen) atoms. The predicted octanol–water partition coefficient (Wildman–Crippen LogP) is 4.51. The number of ketones is 1. The van der Waals surface area contributed by atoms with Gasteiger partial charge < -0.3 is 0 Å². The molecule has 0 spiro atoms. The molecule has 0 N–H and O–H groups in total. The predicted molar refractivity (Wildman–Crippen MR) is 101 cm³/mol. The van der Waals surface area contributed by atoms with Crippen LogP contribution >= 0.6 is 34.7 Å². The third-order valence-corrected chi connectivity index (χ3v) is 5.80. The van der Waals surface area contributed by atoms with E-state index in [1.54, 1.807) is 23.0 Å². The number of thiophene rings is 1. The number of fused-ring (bicyclic) bond motifs is 1. The number of hydrogen-bond acceptors (Lipinski definition) is 6. The van der Waals surface area contributed by atoms with Crippen LogP contribution in [0, 0.1) is 0 Å². The maximum absolute atomic E-state index is 12.3. The summed E-state index contributed by atoms with van der Waals surface area (Å²) in [6.45, 7) is 0. The van der Waals surface area contributed by atoms with E-state index in [0.29, 0.717) is 15.0 Å². The third kappa shape index (κ3) is 3.30. The van der Waals surface area contributed by atoms with E-state index in [4.69, 9.17) is 11.6 Å². The fourth-order valence-corrected chi connectivity index (χ4v) is 4.28. The van der Waals surface area contributed by atoms with Gasteiger partial charge in [-0.1, -0.05) is 41.6 Å². The van der Waals surface area contributed by atoms with Gasteiger partial charge >= 0.3 is 0 Å². The molecule has 5 nitrogen and oxygen atoms in total. The highest BCUT2D eigenvalue weighted by molar-refractivity contribution is 8.00. The van der Waals surface area contributed by atoms with Crippen LogP contribution in [0.2, 0.25) is 4.34 Å². The molecule has 0 saturated heterocycles. The molecule has 0 unspecified atom stereocenters. The quantitative estimate of drug-likeness (QED) is 0.287. The van der Waals surface area contributed by atoms with Crippen molar-refractivity contribution in [3.05, 3.63) is 64.2 Å². The first-order valence-corrected chi connectivity index (χ1v) is 9.56. The maximum atomic E-state index is 12.3. The number of rotatable bonds is 5. The van der Waals surface area contributed by atoms with E-state index >= 15 is 0 Å². The van der Waals surface area contributed by atoms with Gasteiger partial charge in [0.15, 0.2) is 11.4 Å². The second-order valence-corrected chi connectivity index (χ2v) is 7.80.